The second kappa shape index (κ2) is 8.47. The molecule has 7 heteroatoms. The van der Waals surface area contributed by atoms with Gasteiger partial charge in [-0.1, -0.05) is 48.0 Å². The smallest absolute Gasteiger partial charge is 0.321 e. The number of anilines is 1. The van der Waals surface area contributed by atoms with Gasteiger partial charge in [-0.2, -0.15) is 0 Å². The molecule has 0 radical (unpaired) electrons. The summed E-state index contributed by atoms with van der Waals surface area (Å²) in [5, 5.41) is 4.67. The SMILES string of the molecule is CC1c2[nH]c3ccccc3c2C(c2ccccc2Cl)CN1C(=O)c1ccc(N2CCNC2=O)cc1. The summed E-state index contributed by atoms with van der Waals surface area (Å²) in [4.78, 5) is 33.0. The Bertz CT molecular complexity index is 1450. The van der Waals surface area contributed by atoms with Gasteiger partial charge in [-0.3, -0.25) is 9.69 Å². The molecule has 1 saturated heterocycles. The third kappa shape index (κ3) is 3.56. The molecule has 2 N–H and O–H groups in total. The lowest BCUT2D eigenvalue weighted by molar-refractivity contribution is 0.0662. The number of nitrogens with one attached hydrogen (secondary N) is 2. The Kier molecular flexibility index (Phi) is 5.26. The summed E-state index contributed by atoms with van der Waals surface area (Å²) >= 11 is 6.66. The average Bonchev–Trinajstić information content (AvgIpc) is 3.49. The van der Waals surface area contributed by atoms with E-state index < -0.39 is 0 Å². The van der Waals surface area contributed by atoms with Crippen molar-refractivity contribution in [1.82, 2.24) is 15.2 Å². The van der Waals surface area contributed by atoms with Crippen LogP contribution in [0.5, 0.6) is 0 Å². The second-order valence-corrected chi connectivity index (χ2v) is 9.54. The molecule has 2 unspecified atom stereocenters. The Morgan fingerprint density at radius 2 is 1.74 bits per heavy atom. The number of para-hydroxylation sites is 1. The third-order valence-electron chi connectivity index (χ3n) is 7.21. The van der Waals surface area contributed by atoms with Gasteiger partial charge >= 0.3 is 6.03 Å². The fraction of sp³-hybridized carbons (Fsp3) is 0.214. The van der Waals surface area contributed by atoms with E-state index in [0.717, 1.165) is 22.5 Å². The first-order valence-corrected chi connectivity index (χ1v) is 12.2. The highest BCUT2D eigenvalue weighted by Gasteiger charge is 2.38. The minimum atomic E-state index is -0.132. The average molecular weight is 485 g/mol. The van der Waals surface area contributed by atoms with E-state index in [1.165, 1.54) is 10.9 Å². The molecule has 0 spiro atoms. The lowest BCUT2D eigenvalue weighted by Gasteiger charge is -2.39. The van der Waals surface area contributed by atoms with Gasteiger partial charge in [0.15, 0.2) is 0 Å². The number of carbonyl (C=O) groups excluding carboxylic acids is 2. The number of urea groups is 1. The number of hydrogen-bond donors (Lipinski definition) is 2. The molecule has 3 heterocycles. The van der Waals surface area contributed by atoms with Crippen molar-refractivity contribution in [3.05, 3.63) is 100 Å². The highest BCUT2D eigenvalue weighted by molar-refractivity contribution is 6.31. The fourth-order valence-electron chi connectivity index (χ4n) is 5.43. The molecule has 3 amide bonds. The normalized spacial score (nSPS) is 19.7. The molecule has 176 valence electrons. The number of hydrogen-bond acceptors (Lipinski definition) is 2. The van der Waals surface area contributed by atoms with Crippen LogP contribution in [-0.2, 0) is 0 Å². The highest BCUT2D eigenvalue weighted by atomic mass is 35.5. The van der Waals surface area contributed by atoms with E-state index in [2.05, 4.69) is 29.4 Å². The number of benzene rings is 3. The van der Waals surface area contributed by atoms with Crippen LogP contribution >= 0.6 is 11.6 Å². The molecule has 4 aromatic rings. The van der Waals surface area contributed by atoms with Crippen LogP contribution < -0.4 is 10.2 Å². The molecular weight excluding hydrogens is 460 g/mol. The molecule has 2 atom stereocenters. The summed E-state index contributed by atoms with van der Waals surface area (Å²) in [5.41, 5.74) is 5.71. The maximum absolute atomic E-state index is 13.8. The molecule has 2 aliphatic rings. The zero-order valence-corrected chi connectivity index (χ0v) is 20.0. The van der Waals surface area contributed by atoms with Crippen molar-refractivity contribution in [3.63, 3.8) is 0 Å². The van der Waals surface area contributed by atoms with Gasteiger partial charge in [0.1, 0.15) is 0 Å². The number of amides is 3. The zero-order chi connectivity index (χ0) is 24.1. The van der Waals surface area contributed by atoms with Crippen LogP contribution in [0.3, 0.4) is 0 Å². The summed E-state index contributed by atoms with van der Waals surface area (Å²) in [6.45, 7) is 3.84. The Labute approximate surface area is 208 Å². The van der Waals surface area contributed by atoms with Crippen molar-refractivity contribution in [1.29, 1.82) is 0 Å². The maximum Gasteiger partial charge on any atom is 0.321 e. The monoisotopic (exact) mass is 484 g/mol. The van der Waals surface area contributed by atoms with Crippen LogP contribution in [0.15, 0.2) is 72.8 Å². The second-order valence-electron chi connectivity index (χ2n) is 9.14. The Balaban J connectivity index is 1.39. The molecule has 1 aromatic heterocycles. The molecule has 0 bridgehead atoms. The minimum Gasteiger partial charge on any atom is -0.356 e. The lowest BCUT2D eigenvalue weighted by Crippen LogP contribution is -2.41. The first kappa shape index (κ1) is 21.7. The summed E-state index contributed by atoms with van der Waals surface area (Å²) in [6, 6.07) is 23.2. The summed E-state index contributed by atoms with van der Waals surface area (Å²) in [7, 11) is 0. The quantitative estimate of drug-likeness (QED) is 0.391. The zero-order valence-electron chi connectivity index (χ0n) is 19.3. The molecule has 35 heavy (non-hydrogen) atoms. The number of halogens is 1. The number of nitrogens with zero attached hydrogens (tertiary/aromatic N) is 2. The topological polar surface area (TPSA) is 68.4 Å². The van der Waals surface area contributed by atoms with Gasteiger partial charge in [-0.15, -0.1) is 0 Å². The predicted molar refractivity (Wildman–Crippen MR) is 138 cm³/mol. The number of aromatic nitrogens is 1. The van der Waals surface area contributed by atoms with Crippen molar-refractivity contribution in [2.75, 3.05) is 24.5 Å². The van der Waals surface area contributed by atoms with Crippen LogP contribution in [0.25, 0.3) is 10.9 Å². The Hall–Kier alpha value is -3.77. The number of carbonyl (C=O) groups is 2. The van der Waals surface area contributed by atoms with Gasteiger partial charge in [0, 0.05) is 58.4 Å². The number of H-pyrrole nitrogens is 1. The van der Waals surface area contributed by atoms with E-state index in [9.17, 15) is 9.59 Å². The van der Waals surface area contributed by atoms with Crippen LogP contribution in [0.2, 0.25) is 5.02 Å². The fourth-order valence-corrected chi connectivity index (χ4v) is 5.70. The molecule has 0 aliphatic carbocycles. The van der Waals surface area contributed by atoms with Crippen LogP contribution in [0.4, 0.5) is 10.5 Å². The van der Waals surface area contributed by atoms with E-state index in [1.54, 1.807) is 17.0 Å². The van der Waals surface area contributed by atoms with E-state index in [4.69, 9.17) is 11.6 Å². The number of rotatable bonds is 3. The number of fused-ring (bicyclic) bond motifs is 3. The van der Waals surface area contributed by atoms with Crippen LogP contribution in [0, 0.1) is 0 Å². The van der Waals surface area contributed by atoms with Crippen molar-refractivity contribution < 1.29 is 9.59 Å². The standard InChI is InChI=1S/C28H25ClN4O2/c1-17-26-25(21-7-3-5-9-24(21)31-26)22(20-6-2-4-8-23(20)29)16-33(17)27(34)18-10-12-19(13-11-18)32-15-14-30-28(32)35/h2-13,17,22,31H,14-16H2,1H3,(H,30,35). The molecule has 6 rings (SSSR count). The van der Waals surface area contributed by atoms with Gasteiger partial charge in [0.05, 0.1) is 6.04 Å². The molecule has 1 fully saturated rings. The highest BCUT2D eigenvalue weighted by Crippen LogP contribution is 2.45. The van der Waals surface area contributed by atoms with Gasteiger partial charge in [0.25, 0.3) is 5.91 Å². The van der Waals surface area contributed by atoms with Gasteiger partial charge < -0.3 is 15.2 Å². The molecule has 2 aliphatic heterocycles. The van der Waals surface area contributed by atoms with Crippen molar-refractivity contribution in [2.24, 2.45) is 0 Å². The molecule has 6 nitrogen and oxygen atoms in total. The Morgan fingerprint density at radius 3 is 2.49 bits per heavy atom. The van der Waals surface area contributed by atoms with Crippen molar-refractivity contribution in [2.45, 2.75) is 18.9 Å². The lowest BCUT2D eigenvalue weighted by atomic mass is 9.83. The van der Waals surface area contributed by atoms with E-state index in [-0.39, 0.29) is 23.9 Å². The van der Waals surface area contributed by atoms with E-state index in [1.807, 2.05) is 53.4 Å². The molecule has 3 aromatic carbocycles. The molecule has 0 saturated carbocycles. The van der Waals surface area contributed by atoms with E-state index in [0.29, 0.717) is 30.2 Å². The third-order valence-corrected chi connectivity index (χ3v) is 7.56. The van der Waals surface area contributed by atoms with Crippen LogP contribution in [0.1, 0.15) is 46.1 Å². The van der Waals surface area contributed by atoms with Gasteiger partial charge in [0.2, 0.25) is 0 Å². The van der Waals surface area contributed by atoms with E-state index >= 15 is 0 Å². The van der Waals surface area contributed by atoms with Gasteiger partial charge in [-0.25, -0.2) is 4.79 Å². The van der Waals surface area contributed by atoms with Crippen molar-refractivity contribution >= 4 is 40.1 Å². The molecular formula is C28H25ClN4O2. The van der Waals surface area contributed by atoms with Gasteiger partial charge in [-0.05, 0) is 54.4 Å². The minimum absolute atomic E-state index is 0.0451. The maximum atomic E-state index is 13.8. The first-order chi connectivity index (χ1) is 17.0. The first-order valence-electron chi connectivity index (χ1n) is 11.8. The summed E-state index contributed by atoms with van der Waals surface area (Å²) in [5.74, 6) is -0.0983. The summed E-state index contributed by atoms with van der Waals surface area (Å²) in [6.07, 6.45) is 0. The number of aromatic amines is 1. The largest absolute Gasteiger partial charge is 0.356 e. The predicted octanol–water partition coefficient (Wildman–Crippen LogP) is 5.70. The summed E-state index contributed by atoms with van der Waals surface area (Å²) < 4.78 is 0. The van der Waals surface area contributed by atoms with Crippen LogP contribution in [-0.4, -0.2) is 41.5 Å². The Morgan fingerprint density at radius 1 is 1.00 bits per heavy atom. The van der Waals surface area contributed by atoms with Crippen molar-refractivity contribution in [3.8, 4) is 0 Å².